The minimum atomic E-state index is -0.184. The van der Waals surface area contributed by atoms with Crippen LogP contribution in [0.4, 0.5) is 5.82 Å². The van der Waals surface area contributed by atoms with E-state index >= 15 is 0 Å². The summed E-state index contributed by atoms with van der Waals surface area (Å²) in [7, 11) is 0. The predicted molar refractivity (Wildman–Crippen MR) is 82.8 cm³/mol. The van der Waals surface area contributed by atoms with Crippen LogP contribution in [0, 0.1) is 0 Å². The summed E-state index contributed by atoms with van der Waals surface area (Å²) in [6, 6.07) is 1.88. The van der Waals surface area contributed by atoms with Gasteiger partial charge in [0.15, 0.2) is 5.16 Å². The number of hydrogen-bond acceptors (Lipinski definition) is 6. The Morgan fingerprint density at radius 1 is 1.33 bits per heavy atom. The molecule has 0 aliphatic carbocycles. The molecule has 0 spiro atoms. The third-order valence-electron chi connectivity index (χ3n) is 2.79. The van der Waals surface area contributed by atoms with Crippen LogP contribution in [0.5, 0.6) is 0 Å². The maximum absolute atomic E-state index is 11.7. The number of nitrogens with one attached hydrogen (secondary N) is 2. The lowest BCUT2D eigenvalue weighted by atomic mass is 10.4. The molecule has 0 fully saturated rings. The number of aromatic nitrogens is 5. The molecule has 0 saturated heterocycles. The Morgan fingerprint density at radius 2 is 2.14 bits per heavy atom. The zero-order chi connectivity index (χ0) is 15.2. The first kappa shape index (κ1) is 15.6. The summed E-state index contributed by atoms with van der Waals surface area (Å²) in [5, 5.41) is 11.2. The molecule has 0 aliphatic rings. The number of nitrogens with zero attached hydrogens (tertiary/aromatic N) is 4. The van der Waals surface area contributed by atoms with Crippen molar-refractivity contribution in [2.75, 3.05) is 11.9 Å². The molecule has 21 heavy (non-hydrogen) atoms. The fourth-order valence-electron chi connectivity index (χ4n) is 1.85. The van der Waals surface area contributed by atoms with Crippen molar-refractivity contribution in [3.05, 3.63) is 22.4 Å². The molecule has 0 aromatic carbocycles. The average Bonchev–Trinajstić information content (AvgIpc) is 2.81. The SMILES string of the molecule is CCCn1c(Sc2cc(NCC)nc(CC)n2)n[nH]c1=O. The van der Waals surface area contributed by atoms with Gasteiger partial charge in [0.1, 0.15) is 16.7 Å². The molecule has 2 N–H and O–H groups in total. The topological polar surface area (TPSA) is 88.5 Å². The molecular weight excluding hydrogens is 288 g/mol. The minimum absolute atomic E-state index is 0.184. The van der Waals surface area contributed by atoms with E-state index in [0.29, 0.717) is 11.7 Å². The molecule has 2 heterocycles. The molecule has 7 nitrogen and oxygen atoms in total. The van der Waals surface area contributed by atoms with Gasteiger partial charge in [-0.05, 0) is 25.1 Å². The Kier molecular flexibility index (Phi) is 5.38. The van der Waals surface area contributed by atoms with Gasteiger partial charge in [-0.3, -0.25) is 4.57 Å². The molecule has 0 atom stereocenters. The zero-order valence-corrected chi connectivity index (χ0v) is 13.3. The monoisotopic (exact) mass is 308 g/mol. The highest BCUT2D eigenvalue weighted by Crippen LogP contribution is 2.25. The lowest BCUT2D eigenvalue weighted by molar-refractivity contribution is 0.603. The quantitative estimate of drug-likeness (QED) is 0.760. The van der Waals surface area contributed by atoms with Crippen molar-refractivity contribution in [1.82, 2.24) is 24.7 Å². The third kappa shape index (κ3) is 3.84. The molecule has 8 heteroatoms. The van der Waals surface area contributed by atoms with Gasteiger partial charge >= 0.3 is 5.69 Å². The van der Waals surface area contributed by atoms with Gasteiger partial charge in [-0.2, -0.15) is 0 Å². The normalized spacial score (nSPS) is 10.8. The van der Waals surface area contributed by atoms with Crippen LogP contribution in [0.1, 0.15) is 33.0 Å². The van der Waals surface area contributed by atoms with E-state index in [1.54, 1.807) is 4.57 Å². The van der Waals surface area contributed by atoms with Crippen LogP contribution in [-0.4, -0.2) is 31.3 Å². The molecular formula is C13H20N6OS. The molecule has 0 amide bonds. The van der Waals surface area contributed by atoms with Crippen LogP contribution >= 0.6 is 11.8 Å². The van der Waals surface area contributed by atoms with Gasteiger partial charge in [0.2, 0.25) is 0 Å². The fourth-order valence-corrected chi connectivity index (χ4v) is 2.73. The van der Waals surface area contributed by atoms with Gasteiger partial charge in [0, 0.05) is 25.6 Å². The zero-order valence-electron chi connectivity index (χ0n) is 12.5. The highest BCUT2D eigenvalue weighted by atomic mass is 32.2. The maximum atomic E-state index is 11.7. The van der Waals surface area contributed by atoms with E-state index in [1.807, 2.05) is 26.8 Å². The van der Waals surface area contributed by atoms with Crippen LogP contribution in [0.15, 0.2) is 21.0 Å². The van der Waals surface area contributed by atoms with Crippen molar-refractivity contribution < 1.29 is 0 Å². The van der Waals surface area contributed by atoms with E-state index in [9.17, 15) is 4.79 Å². The summed E-state index contributed by atoms with van der Waals surface area (Å²) in [6.07, 6.45) is 1.63. The van der Waals surface area contributed by atoms with Crippen LogP contribution in [0.25, 0.3) is 0 Å². The number of aryl methyl sites for hydroxylation is 1. The van der Waals surface area contributed by atoms with Crippen molar-refractivity contribution in [1.29, 1.82) is 0 Å². The Balaban J connectivity index is 2.30. The van der Waals surface area contributed by atoms with Gasteiger partial charge in [-0.1, -0.05) is 13.8 Å². The third-order valence-corrected chi connectivity index (χ3v) is 3.70. The fraction of sp³-hybridized carbons (Fsp3) is 0.538. The number of anilines is 1. The maximum Gasteiger partial charge on any atom is 0.343 e. The van der Waals surface area contributed by atoms with E-state index in [0.717, 1.165) is 36.1 Å². The first-order valence-electron chi connectivity index (χ1n) is 7.12. The molecule has 0 bridgehead atoms. The molecule has 114 valence electrons. The second kappa shape index (κ2) is 7.26. The Hall–Kier alpha value is -1.83. The first-order valence-corrected chi connectivity index (χ1v) is 7.94. The summed E-state index contributed by atoms with van der Waals surface area (Å²) in [4.78, 5) is 20.6. The molecule has 0 radical (unpaired) electrons. The second-order valence-corrected chi connectivity index (χ2v) is 5.44. The lowest BCUT2D eigenvalue weighted by Crippen LogP contribution is -2.17. The summed E-state index contributed by atoms with van der Waals surface area (Å²) < 4.78 is 1.63. The van der Waals surface area contributed by atoms with E-state index in [4.69, 9.17) is 0 Å². The summed E-state index contributed by atoms with van der Waals surface area (Å²) in [5.41, 5.74) is -0.184. The largest absolute Gasteiger partial charge is 0.370 e. The number of rotatable bonds is 7. The summed E-state index contributed by atoms with van der Waals surface area (Å²) >= 11 is 1.37. The van der Waals surface area contributed by atoms with Gasteiger partial charge in [-0.25, -0.2) is 19.9 Å². The second-order valence-electron chi connectivity index (χ2n) is 4.46. The predicted octanol–water partition coefficient (Wildman–Crippen LogP) is 1.92. The Bertz CT molecular complexity index is 650. The van der Waals surface area contributed by atoms with Crippen molar-refractivity contribution in [2.24, 2.45) is 0 Å². The van der Waals surface area contributed by atoms with E-state index in [-0.39, 0.29) is 5.69 Å². The highest BCUT2D eigenvalue weighted by Gasteiger charge is 2.12. The number of H-pyrrole nitrogens is 1. The average molecular weight is 308 g/mol. The van der Waals surface area contributed by atoms with E-state index in [2.05, 4.69) is 25.5 Å². The van der Waals surface area contributed by atoms with Gasteiger partial charge in [-0.15, -0.1) is 5.10 Å². The standard InChI is InChI=1S/C13H20N6OS/c1-4-7-19-12(20)17-18-13(19)21-11-8-10(14-6-3)15-9(5-2)16-11/h8H,4-7H2,1-3H3,(H,17,20)(H,14,15,16). The summed E-state index contributed by atoms with van der Waals surface area (Å²) in [5.74, 6) is 1.57. The molecule has 2 rings (SSSR count). The molecule has 0 saturated carbocycles. The van der Waals surface area contributed by atoms with Crippen LogP contribution in [-0.2, 0) is 13.0 Å². The smallest absolute Gasteiger partial charge is 0.343 e. The van der Waals surface area contributed by atoms with Crippen molar-refractivity contribution in [3.8, 4) is 0 Å². The van der Waals surface area contributed by atoms with Crippen LogP contribution in [0.3, 0.4) is 0 Å². The molecule has 0 unspecified atom stereocenters. The Morgan fingerprint density at radius 3 is 2.81 bits per heavy atom. The molecule has 2 aromatic rings. The van der Waals surface area contributed by atoms with Crippen LogP contribution in [0.2, 0.25) is 0 Å². The minimum Gasteiger partial charge on any atom is -0.370 e. The number of aromatic amines is 1. The molecule has 0 aliphatic heterocycles. The van der Waals surface area contributed by atoms with Crippen molar-refractivity contribution in [3.63, 3.8) is 0 Å². The number of hydrogen-bond donors (Lipinski definition) is 2. The molecule has 2 aromatic heterocycles. The first-order chi connectivity index (χ1) is 10.2. The van der Waals surface area contributed by atoms with Crippen molar-refractivity contribution in [2.45, 2.75) is 50.3 Å². The lowest BCUT2D eigenvalue weighted by Gasteiger charge is -2.08. The van der Waals surface area contributed by atoms with Crippen LogP contribution < -0.4 is 11.0 Å². The van der Waals surface area contributed by atoms with Gasteiger partial charge < -0.3 is 5.32 Å². The van der Waals surface area contributed by atoms with Gasteiger partial charge in [0.05, 0.1) is 0 Å². The highest BCUT2D eigenvalue weighted by molar-refractivity contribution is 7.99. The Labute approximate surface area is 127 Å². The van der Waals surface area contributed by atoms with E-state index in [1.165, 1.54) is 11.8 Å². The van der Waals surface area contributed by atoms with E-state index < -0.39 is 0 Å². The van der Waals surface area contributed by atoms with Gasteiger partial charge in [0.25, 0.3) is 0 Å². The summed E-state index contributed by atoms with van der Waals surface area (Å²) in [6.45, 7) is 7.50. The van der Waals surface area contributed by atoms with Crippen molar-refractivity contribution >= 4 is 17.6 Å².